The van der Waals surface area contributed by atoms with Crippen molar-refractivity contribution >= 4 is 22.6 Å². The summed E-state index contributed by atoms with van der Waals surface area (Å²) in [7, 11) is 0. The third-order valence-electron chi connectivity index (χ3n) is 3.01. The molecule has 90 valence electrons. The summed E-state index contributed by atoms with van der Waals surface area (Å²) in [5.41, 5.74) is 0.716. The summed E-state index contributed by atoms with van der Waals surface area (Å²) >= 11 is 6.04. The Kier molecular flexibility index (Phi) is 2.36. The Bertz CT molecular complexity index is 588. The number of halogens is 3. The number of nitrogens with zero attached hydrogens (tertiary/aromatic N) is 2. The lowest BCUT2D eigenvalue weighted by Crippen LogP contribution is -2.01. The largest absolute Gasteiger partial charge is 0.323 e. The molecular weight excluding hydrogens is 246 g/mol. The zero-order valence-corrected chi connectivity index (χ0v) is 10.0. The minimum absolute atomic E-state index is 0.209. The van der Waals surface area contributed by atoms with Crippen LogP contribution in [-0.4, -0.2) is 9.55 Å². The highest BCUT2D eigenvalue weighted by molar-refractivity contribution is 6.20. The van der Waals surface area contributed by atoms with E-state index in [0.29, 0.717) is 11.3 Å². The van der Waals surface area contributed by atoms with Gasteiger partial charge in [-0.1, -0.05) is 0 Å². The van der Waals surface area contributed by atoms with Crippen molar-refractivity contribution in [3.05, 3.63) is 29.6 Å². The zero-order chi connectivity index (χ0) is 12.2. The minimum Gasteiger partial charge on any atom is -0.323 e. The van der Waals surface area contributed by atoms with Crippen molar-refractivity contribution in [3.8, 4) is 0 Å². The molecule has 0 N–H and O–H groups in total. The number of rotatable bonds is 2. The molecule has 1 heterocycles. The fraction of sp³-hybridized carbons (Fsp3) is 0.417. The van der Waals surface area contributed by atoms with E-state index in [1.54, 1.807) is 6.92 Å². The maximum atomic E-state index is 13.6. The lowest BCUT2D eigenvalue weighted by molar-refractivity contribution is 0.590. The second-order valence-electron chi connectivity index (χ2n) is 4.44. The number of aromatic nitrogens is 2. The van der Waals surface area contributed by atoms with E-state index in [9.17, 15) is 8.78 Å². The molecule has 17 heavy (non-hydrogen) atoms. The summed E-state index contributed by atoms with van der Waals surface area (Å²) in [6.45, 7) is 1.79. The average Bonchev–Trinajstić information content (AvgIpc) is 2.99. The van der Waals surface area contributed by atoms with Crippen LogP contribution >= 0.6 is 11.6 Å². The standard InChI is InChI=1S/C12H11ClF2N2/c1-6(13)12-16-11-9(15)4-7(14)5-10(11)17(12)8-2-3-8/h4-6,8H,2-3H2,1H3. The SMILES string of the molecule is CC(Cl)c1nc2c(F)cc(F)cc2n1C1CC1. The van der Waals surface area contributed by atoms with Crippen molar-refractivity contribution < 1.29 is 8.78 Å². The third-order valence-corrected chi connectivity index (χ3v) is 3.20. The van der Waals surface area contributed by atoms with Crippen LogP contribution in [0.4, 0.5) is 8.78 Å². The maximum absolute atomic E-state index is 13.6. The second kappa shape index (κ2) is 3.67. The summed E-state index contributed by atoms with van der Waals surface area (Å²) in [6, 6.07) is 2.47. The molecule has 1 unspecified atom stereocenters. The van der Waals surface area contributed by atoms with Crippen LogP contribution in [0, 0.1) is 11.6 Å². The molecule has 0 aliphatic heterocycles. The topological polar surface area (TPSA) is 17.8 Å². The molecule has 2 nitrogen and oxygen atoms in total. The maximum Gasteiger partial charge on any atom is 0.153 e. The summed E-state index contributed by atoms with van der Waals surface area (Å²) in [5, 5.41) is -0.314. The van der Waals surface area contributed by atoms with Crippen LogP contribution < -0.4 is 0 Å². The van der Waals surface area contributed by atoms with Gasteiger partial charge in [0.15, 0.2) is 5.82 Å². The zero-order valence-electron chi connectivity index (χ0n) is 9.25. The van der Waals surface area contributed by atoms with Crippen LogP contribution in [0.25, 0.3) is 11.0 Å². The first kappa shape index (κ1) is 11.0. The Morgan fingerprint density at radius 3 is 2.71 bits per heavy atom. The van der Waals surface area contributed by atoms with Gasteiger partial charge in [0, 0.05) is 12.1 Å². The fourth-order valence-electron chi connectivity index (χ4n) is 2.14. The van der Waals surface area contributed by atoms with Gasteiger partial charge in [0.05, 0.1) is 10.9 Å². The number of benzene rings is 1. The molecular formula is C12H11ClF2N2. The van der Waals surface area contributed by atoms with E-state index in [1.165, 1.54) is 6.07 Å². The molecule has 1 aliphatic carbocycles. The molecule has 1 fully saturated rings. The van der Waals surface area contributed by atoms with Gasteiger partial charge < -0.3 is 4.57 Å². The van der Waals surface area contributed by atoms with E-state index in [2.05, 4.69) is 4.98 Å². The van der Waals surface area contributed by atoms with Gasteiger partial charge in [0.25, 0.3) is 0 Å². The lowest BCUT2D eigenvalue weighted by atomic mass is 10.3. The molecule has 5 heteroatoms. The van der Waals surface area contributed by atoms with Gasteiger partial charge in [0.1, 0.15) is 17.2 Å². The number of imidazole rings is 1. The Morgan fingerprint density at radius 1 is 1.41 bits per heavy atom. The number of hydrogen-bond acceptors (Lipinski definition) is 1. The van der Waals surface area contributed by atoms with E-state index in [1.807, 2.05) is 4.57 Å². The Labute approximate surface area is 102 Å². The first-order chi connectivity index (χ1) is 8.08. The summed E-state index contributed by atoms with van der Waals surface area (Å²) in [4.78, 5) is 4.20. The first-order valence-corrected chi connectivity index (χ1v) is 6.02. The Morgan fingerprint density at radius 2 is 2.12 bits per heavy atom. The highest BCUT2D eigenvalue weighted by atomic mass is 35.5. The highest BCUT2D eigenvalue weighted by Crippen LogP contribution is 2.41. The molecule has 3 rings (SSSR count). The normalized spacial score (nSPS) is 17.6. The van der Waals surface area contributed by atoms with Crippen LogP contribution in [0.3, 0.4) is 0 Å². The molecule has 1 aliphatic rings. The molecule has 1 aromatic carbocycles. The Balaban J connectivity index is 2.34. The van der Waals surface area contributed by atoms with Gasteiger partial charge in [-0.05, 0) is 25.8 Å². The van der Waals surface area contributed by atoms with Crippen molar-refractivity contribution in [1.82, 2.24) is 9.55 Å². The van der Waals surface area contributed by atoms with Crippen molar-refractivity contribution in [3.63, 3.8) is 0 Å². The van der Waals surface area contributed by atoms with Crippen LogP contribution in [0.15, 0.2) is 12.1 Å². The first-order valence-electron chi connectivity index (χ1n) is 5.59. The minimum atomic E-state index is -0.627. The van der Waals surface area contributed by atoms with E-state index in [4.69, 9.17) is 11.6 Å². The number of alkyl halides is 1. The smallest absolute Gasteiger partial charge is 0.153 e. The molecule has 0 radical (unpaired) electrons. The second-order valence-corrected chi connectivity index (χ2v) is 5.10. The van der Waals surface area contributed by atoms with Gasteiger partial charge in [-0.15, -0.1) is 11.6 Å². The molecule has 1 aromatic heterocycles. The van der Waals surface area contributed by atoms with Crippen molar-refractivity contribution in [1.29, 1.82) is 0 Å². The molecule has 0 amide bonds. The summed E-state index contributed by atoms with van der Waals surface area (Å²) in [5.74, 6) is -0.586. The lowest BCUT2D eigenvalue weighted by Gasteiger charge is -2.08. The van der Waals surface area contributed by atoms with Crippen LogP contribution in [-0.2, 0) is 0 Å². The predicted molar refractivity (Wildman–Crippen MR) is 62.2 cm³/mol. The van der Waals surface area contributed by atoms with Crippen LogP contribution in [0.2, 0.25) is 0 Å². The van der Waals surface area contributed by atoms with E-state index in [0.717, 1.165) is 18.9 Å². The van der Waals surface area contributed by atoms with Gasteiger partial charge in [-0.2, -0.15) is 0 Å². The molecule has 0 saturated heterocycles. The summed E-state index contributed by atoms with van der Waals surface area (Å²) in [6.07, 6.45) is 2.03. The van der Waals surface area contributed by atoms with Gasteiger partial charge in [0.2, 0.25) is 0 Å². The van der Waals surface area contributed by atoms with Gasteiger partial charge >= 0.3 is 0 Å². The Hall–Kier alpha value is -1.16. The molecule has 2 aromatic rings. The predicted octanol–water partition coefficient (Wildman–Crippen LogP) is 3.95. The molecule has 0 spiro atoms. The third kappa shape index (κ3) is 1.71. The molecule has 1 atom stereocenters. The average molecular weight is 257 g/mol. The fourth-order valence-corrected chi connectivity index (χ4v) is 2.29. The quantitative estimate of drug-likeness (QED) is 0.744. The molecule has 0 bridgehead atoms. The van der Waals surface area contributed by atoms with E-state index < -0.39 is 11.6 Å². The van der Waals surface area contributed by atoms with Crippen molar-refractivity contribution in [2.45, 2.75) is 31.2 Å². The van der Waals surface area contributed by atoms with E-state index >= 15 is 0 Å². The number of hydrogen-bond donors (Lipinski definition) is 0. The summed E-state index contributed by atoms with van der Waals surface area (Å²) < 4.78 is 28.8. The highest BCUT2D eigenvalue weighted by Gasteiger charge is 2.30. The van der Waals surface area contributed by atoms with Gasteiger partial charge in [-0.25, -0.2) is 13.8 Å². The van der Waals surface area contributed by atoms with Crippen molar-refractivity contribution in [2.75, 3.05) is 0 Å². The van der Waals surface area contributed by atoms with Crippen LogP contribution in [0.5, 0.6) is 0 Å². The monoisotopic (exact) mass is 256 g/mol. The van der Waals surface area contributed by atoms with Crippen LogP contribution in [0.1, 0.15) is 37.0 Å². The van der Waals surface area contributed by atoms with E-state index in [-0.39, 0.29) is 16.9 Å². The van der Waals surface area contributed by atoms with Crippen molar-refractivity contribution in [2.24, 2.45) is 0 Å². The number of fused-ring (bicyclic) bond motifs is 1. The molecule has 1 saturated carbocycles. The van der Waals surface area contributed by atoms with Gasteiger partial charge in [-0.3, -0.25) is 0 Å².